The number of hydrogen-bond donors (Lipinski definition) is 1. The third-order valence-corrected chi connectivity index (χ3v) is 3.31. The third-order valence-electron chi connectivity index (χ3n) is 3.31. The zero-order valence-corrected chi connectivity index (χ0v) is 12.2. The van der Waals surface area contributed by atoms with E-state index in [-0.39, 0.29) is 5.91 Å². The molecule has 0 unspecified atom stereocenters. The minimum Gasteiger partial charge on any atom is -0.495 e. The van der Waals surface area contributed by atoms with Crippen LogP contribution in [-0.4, -0.2) is 36.5 Å². The first-order valence-electron chi connectivity index (χ1n) is 6.69. The van der Waals surface area contributed by atoms with Gasteiger partial charge in [-0.15, -0.1) is 0 Å². The molecule has 1 aromatic heterocycles. The molecule has 5 nitrogen and oxygen atoms in total. The monoisotopic (exact) mass is 285 g/mol. The first-order chi connectivity index (χ1) is 10.1. The molecule has 0 saturated heterocycles. The molecule has 1 heterocycles. The summed E-state index contributed by atoms with van der Waals surface area (Å²) in [6.07, 6.45) is 4.29. The number of nitrogen functional groups attached to an aromatic ring is 1. The molecule has 0 bridgehead atoms. The summed E-state index contributed by atoms with van der Waals surface area (Å²) in [6.45, 7) is 0.634. The Kier molecular flexibility index (Phi) is 4.77. The van der Waals surface area contributed by atoms with E-state index >= 15 is 0 Å². The van der Waals surface area contributed by atoms with Gasteiger partial charge in [0.1, 0.15) is 5.75 Å². The molecule has 0 atom stereocenters. The van der Waals surface area contributed by atoms with Gasteiger partial charge in [0.2, 0.25) is 0 Å². The van der Waals surface area contributed by atoms with Crippen LogP contribution in [0.4, 0.5) is 5.69 Å². The van der Waals surface area contributed by atoms with Gasteiger partial charge in [0.15, 0.2) is 0 Å². The van der Waals surface area contributed by atoms with E-state index in [0.717, 1.165) is 12.0 Å². The van der Waals surface area contributed by atoms with E-state index < -0.39 is 0 Å². The summed E-state index contributed by atoms with van der Waals surface area (Å²) in [7, 11) is 3.33. The van der Waals surface area contributed by atoms with E-state index in [1.165, 1.54) is 0 Å². The van der Waals surface area contributed by atoms with E-state index in [2.05, 4.69) is 4.98 Å². The van der Waals surface area contributed by atoms with Gasteiger partial charge in [0.25, 0.3) is 5.91 Å². The van der Waals surface area contributed by atoms with Gasteiger partial charge in [0, 0.05) is 31.5 Å². The number of nitrogens with two attached hydrogens (primary N) is 1. The maximum Gasteiger partial charge on any atom is 0.253 e. The fourth-order valence-electron chi connectivity index (χ4n) is 2.04. The Morgan fingerprint density at radius 3 is 2.62 bits per heavy atom. The first-order valence-corrected chi connectivity index (χ1v) is 6.69. The Hall–Kier alpha value is -2.56. The number of pyridine rings is 1. The lowest BCUT2D eigenvalue weighted by molar-refractivity contribution is 0.0796. The molecule has 1 amide bonds. The molecule has 0 aliphatic rings. The molecule has 2 rings (SSSR count). The third kappa shape index (κ3) is 3.72. The number of carbonyl (C=O) groups is 1. The van der Waals surface area contributed by atoms with Crippen molar-refractivity contribution in [2.45, 2.75) is 6.42 Å². The van der Waals surface area contributed by atoms with Crippen molar-refractivity contribution in [1.29, 1.82) is 0 Å². The van der Waals surface area contributed by atoms with Crippen LogP contribution < -0.4 is 10.5 Å². The summed E-state index contributed by atoms with van der Waals surface area (Å²) < 4.78 is 5.09. The number of methoxy groups -OCH3 is 1. The summed E-state index contributed by atoms with van der Waals surface area (Å²) in [6, 6.07) is 8.97. The van der Waals surface area contributed by atoms with E-state index in [9.17, 15) is 4.79 Å². The first kappa shape index (κ1) is 14.8. The van der Waals surface area contributed by atoms with Crippen molar-refractivity contribution in [3.8, 4) is 5.75 Å². The lowest BCUT2D eigenvalue weighted by atomic mass is 10.1. The number of rotatable bonds is 5. The molecule has 2 N–H and O–H groups in total. The van der Waals surface area contributed by atoms with Crippen molar-refractivity contribution in [2.75, 3.05) is 26.4 Å². The maximum atomic E-state index is 12.3. The summed E-state index contributed by atoms with van der Waals surface area (Å²) >= 11 is 0. The Morgan fingerprint density at radius 2 is 2.00 bits per heavy atom. The van der Waals surface area contributed by atoms with Crippen LogP contribution in [0.3, 0.4) is 0 Å². The molecule has 21 heavy (non-hydrogen) atoms. The Morgan fingerprint density at radius 1 is 1.29 bits per heavy atom. The second-order valence-corrected chi connectivity index (χ2v) is 4.79. The van der Waals surface area contributed by atoms with Crippen LogP contribution in [0.5, 0.6) is 5.75 Å². The topological polar surface area (TPSA) is 68.5 Å². The standard InChI is InChI=1S/C16H19N3O2/c1-19(10-7-12-5-8-18-9-6-12)16(20)13-3-4-15(21-2)14(17)11-13/h3-6,8-9,11H,7,10,17H2,1-2H3. The molecule has 110 valence electrons. The molecule has 0 fully saturated rings. The Labute approximate surface area is 124 Å². The van der Waals surface area contributed by atoms with Crippen LogP contribution >= 0.6 is 0 Å². The zero-order chi connectivity index (χ0) is 15.2. The van der Waals surface area contributed by atoms with Gasteiger partial charge in [-0.2, -0.15) is 0 Å². The minimum atomic E-state index is -0.0570. The fourth-order valence-corrected chi connectivity index (χ4v) is 2.04. The largest absolute Gasteiger partial charge is 0.495 e. The second-order valence-electron chi connectivity index (χ2n) is 4.79. The van der Waals surface area contributed by atoms with E-state index in [4.69, 9.17) is 10.5 Å². The van der Waals surface area contributed by atoms with Gasteiger partial charge in [-0.25, -0.2) is 0 Å². The van der Waals surface area contributed by atoms with Crippen LogP contribution in [0.15, 0.2) is 42.7 Å². The minimum absolute atomic E-state index is 0.0570. The van der Waals surface area contributed by atoms with Crippen molar-refractivity contribution in [1.82, 2.24) is 9.88 Å². The molecule has 0 aliphatic carbocycles. The normalized spacial score (nSPS) is 10.2. The van der Waals surface area contributed by atoms with Crippen molar-refractivity contribution in [3.63, 3.8) is 0 Å². The SMILES string of the molecule is COc1ccc(C(=O)N(C)CCc2ccncc2)cc1N. The molecule has 0 aliphatic heterocycles. The van der Waals surface area contributed by atoms with Crippen molar-refractivity contribution < 1.29 is 9.53 Å². The predicted molar refractivity (Wildman–Crippen MR) is 82.3 cm³/mol. The lowest BCUT2D eigenvalue weighted by Crippen LogP contribution is -2.28. The highest BCUT2D eigenvalue weighted by atomic mass is 16.5. The molecule has 0 saturated carbocycles. The van der Waals surface area contributed by atoms with Crippen molar-refractivity contribution >= 4 is 11.6 Å². The predicted octanol–water partition coefficient (Wildman–Crippen LogP) is 1.99. The van der Waals surface area contributed by atoms with E-state index in [1.807, 2.05) is 12.1 Å². The molecular formula is C16H19N3O2. The van der Waals surface area contributed by atoms with Gasteiger partial charge < -0.3 is 15.4 Å². The summed E-state index contributed by atoms with van der Waals surface area (Å²) in [4.78, 5) is 18.0. The van der Waals surface area contributed by atoms with Crippen LogP contribution in [0.1, 0.15) is 15.9 Å². The van der Waals surface area contributed by atoms with Crippen LogP contribution in [-0.2, 0) is 6.42 Å². The fraction of sp³-hybridized carbons (Fsp3) is 0.250. The van der Waals surface area contributed by atoms with Crippen molar-refractivity contribution in [3.05, 3.63) is 53.9 Å². The highest BCUT2D eigenvalue weighted by Gasteiger charge is 2.13. The van der Waals surface area contributed by atoms with Gasteiger partial charge in [0.05, 0.1) is 12.8 Å². The number of benzene rings is 1. The highest BCUT2D eigenvalue weighted by Crippen LogP contribution is 2.22. The summed E-state index contributed by atoms with van der Waals surface area (Å²) in [5.74, 6) is 0.518. The number of aromatic nitrogens is 1. The molecule has 1 aromatic carbocycles. The number of hydrogen-bond acceptors (Lipinski definition) is 4. The molecule has 0 radical (unpaired) electrons. The van der Waals surface area contributed by atoms with Gasteiger partial charge in [-0.05, 0) is 42.3 Å². The second kappa shape index (κ2) is 6.74. The summed E-state index contributed by atoms with van der Waals surface area (Å²) in [5, 5.41) is 0. The average molecular weight is 285 g/mol. The zero-order valence-electron chi connectivity index (χ0n) is 12.2. The quantitative estimate of drug-likeness (QED) is 0.853. The number of nitrogens with zero attached hydrogens (tertiary/aromatic N) is 2. The van der Waals surface area contributed by atoms with Crippen LogP contribution in [0.2, 0.25) is 0 Å². The lowest BCUT2D eigenvalue weighted by Gasteiger charge is -2.18. The van der Waals surface area contributed by atoms with E-state index in [1.54, 1.807) is 49.7 Å². The van der Waals surface area contributed by atoms with Crippen molar-refractivity contribution in [2.24, 2.45) is 0 Å². The smallest absolute Gasteiger partial charge is 0.253 e. The highest BCUT2D eigenvalue weighted by molar-refractivity contribution is 5.95. The maximum absolute atomic E-state index is 12.3. The molecule has 2 aromatic rings. The molecular weight excluding hydrogens is 266 g/mol. The number of carbonyl (C=O) groups excluding carboxylic acids is 1. The number of ether oxygens (including phenoxy) is 1. The van der Waals surface area contributed by atoms with Crippen LogP contribution in [0.25, 0.3) is 0 Å². The Balaban J connectivity index is 2.00. The Bertz CT molecular complexity index is 614. The van der Waals surface area contributed by atoms with Gasteiger partial charge >= 0.3 is 0 Å². The van der Waals surface area contributed by atoms with Gasteiger partial charge in [-0.1, -0.05) is 0 Å². The number of amides is 1. The summed E-state index contributed by atoms with van der Waals surface area (Å²) in [5.41, 5.74) is 8.01. The van der Waals surface area contributed by atoms with E-state index in [0.29, 0.717) is 23.5 Å². The molecule has 5 heteroatoms. The number of likely N-dealkylation sites (N-methyl/N-ethyl adjacent to an activating group) is 1. The van der Waals surface area contributed by atoms with Crippen LogP contribution in [0, 0.1) is 0 Å². The van der Waals surface area contributed by atoms with Gasteiger partial charge in [-0.3, -0.25) is 9.78 Å². The molecule has 0 spiro atoms. The average Bonchev–Trinajstić information content (AvgIpc) is 2.52. The number of anilines is 1.